The van der Waals surface area contributed by atoms with Crippen LogP contribution in [0.1, 0.15) is 39.8 Å². The molecule has 2 aliphatic heterocycles. The molecule has 2 atom stereocenters. The summed E-state index contributed by atoms with van der Waals surface area (Å²) >= 11 is 0. The Hall–Kier alpha value is -2.09. The van der Waals surface area contributed by atoms with Gasteiger partial charge in [0.25, 0.3) is 5.91 Å². The molecule has 1 aromatic heterocycles. The lowest BCUT2D eigenvalue weighted by Crippen LogP contribution is -2.47. The molecule has 0 saturated carbocycles. The second kappa shape index (κ2) is 5.77. The van der Waals surface area contributed by atoms with Gasteiger partial charge in [0.15, 0.2) is 0 Å². The number of carbonyl (C=O) groups is 2. The Kier molecular flexibility index (Phi) is 4.03. The first-order valence-corrected chi connectivity index (χ1v) is 8.21. The average Bonchev–Trinajstić information content (AvgIpc) is 3.00. The van der Waals surface area contributed by atoms with Gasteiger partial charge in [-0.2, -0.15) is 5.10 Å². The number of nitrogens with zero attached hydrogens (tertiary/aromatic N) is 4. The molecular formula is C16H24N4O4. The quantitative estimate of drug-likeness (QED) is 0.830. The highest BCUT2D eigenvalue weighted by Crippen LogP contribution is 2.30. The molecule has 132 valence electrons. The number of ether oxygens (including phenoxy) is 1. The molecule has 8 nitrogen and oxygen atoms in total. The van der Waals surface area contributed by atoms with E-state index in [4.69, 9.17) is 4.74 Å². The maximum Gasteiger partial charge on any atom is 0.410 e. The number of hydrogen-bond donors (Lipinski definition) is 1. The fourth-order valence-electron chi connectivity index (χ4n) is 3.08. The first kappa shape index (κ1) is 16.8. The van der Waals surface area contributed by atoms with Crippen LogP contribution in [-0.2, 0) is 22.6 Å². The Morgan fingerprint density at radius 2 is 2.12 bits per heavy atom. The lowest BCUT2D eigenvalue weighted by Gasteiger charge is -2.36. The summed E-state index contributed by atoms with van der Waals surface area (Å²) in [6.45, 7) is 8.77. The van der Waals surface area contributed by atoms with Crippen molar-refractivity contribution in [3.05, 3.63) is 11.9 Å². The molecule has 2 amide bonds. The highest BCUT2D eigenvalue weighted by Gasteiger charge is 2.37. The molecular weight excluding hydrogens is 312 g/mol. The molecule has 3 heterocycles. The number of carbonyl (C=O) groups excluding carboxylic acids is 2. The van der Waals surface area contributed by atoms with Crippen LogP contribution in [0.4, 0.5) is 10.5 Å². The van der Waals surface area contributed by atoms with Crippen LogP contribution >= 0.6 is 0 Å². The summed E-state index contributed by atoms with van der Waals surface area (Å²) in [5, 5.41) is 14.0. The summed E-state index contributed by atoms with van der Waals surface area (Å²) in [5.74, 6) is -0.312. The molecule has 0 bridgehead atoms. The van der Waals surface area contributed by atoms with E-state index in [9.17, 15) is 14.7 Å². The van der Waals surface area contributed by atoms with Gasteiger partial charge in [-0.05, 0) is 27.7 Å². The van der Waals surface area contributed by atoms with E-state index in [0.717, 1.165) is 5.69 Å². The summed E-state index contributed by atoms with van der Waals surface area (Å²) in [5.41, 5.74) is 0.894. The van der Waals surface area contributed by atoms with Gasteiger partial charge in [-0.25, -0.2) is 4.79 Å². The molecule has 1 saturated heterocycles. The number of anilines is 1. The minimum absolute atomic E-state index is 0.0556. The maximum atomic E-state index is 12.5. The van der Waals surface area contributed by atoms with Crippen molar-refractivity contribution in [2.45, 2.75) is 65.0 Å². The first-order chi connectivity index (χ1) is 11.2. The largest absolute Gasteiger partial charge is 0.444 e. The molecule has 1 fully saturated rings. The Bertz CT molecular complexity index is 664. The third kappa shape index (κ3) is 2.98. The van der Waals surface area contributed by atoms with Crippen LogP contribution in [0.15, 0.2) is 6.20 Å². The second-order valence-electron chi connectivity index (χ2n) is 7.41. The zero-order chi connectivity index (χ0) is 17.6. The Morgan fingerprint density at radius 1 is 1.42 bits per heavy atom. The molecule has 2 aliphatic rings. The van der Waals surface area contributed by atoms with E-state index in [1.807, 2.05) is 32.4 Å². The molecule has 1 N–H and O–H groups in total. The number of aliphatic hydroxyl groups is 1. The van der Waals surface area contributed by atoms with Crippen molar-refractivity contribution in [1.82, 2.24) is 14.7 Å². The Balaban J connectivity index is 1.84. The number of aromatic nitrogens is 2. The summed E-state index contributed by atoms with van der Waals surface area (Å²) < 4.78 is 7.30. The predicted molar refractivity (Wildman–Crippen MR) is 86.4 cm³/mol. The molecule has 8 heteroatoms. The topological polar surface area (TPSA) is 87.9 Å². The molecule has 0 radical (unpaired) electrons. The number of hydrogen-bond acceptors (Lipinski definition) is 5. The van der Waals surface area contributed by atoms with Gasteiger partial charge in [0.1, 0.15) is 11.7 Å². The Labute approximate surface area is 141 Å². The summed E-state index contributed by atoms with van der Waals surface area (Å²) in [4.78, 5) is 27.8. The monoisotopic (exact) mass is 336 g/mol. The molecule has 0 aliphatic carbocycles. The summed E-state index contributed by atoms with van der Waals surface area (Å²) in [7, 11) is 0. The fraction of sp³-hybridized carbons (Fsp3) is 0.688. The lowest BCUT2D eigenvalue weighted by atomic mass is 10.2. The number of fused-ring (bicyclic) bond motifs is 1. The minimum Gasteiger partial charge on any atom is -0.444 e. The van der Waals surface area contributed by atoms with Gasteiger partial charge in [0.2, 0.25) is 0 Å². The second-order valence-corrected chi connectivity index (χ2v) is 7.41. The van der Waals surface area contributed by atoms with Crippen LogP contribution in [0, 0.1) is 0 Å². The minimum atomic E-state index is -0.954. The highest BCUT2D eigenvalue weighted by molar-refractivity contribution is 5.99. The van der Waals surface area contributed by atoms with Gasteiger partial charge in [-0.3, -0.25) is 14.4 Å². The van der Waals surface area contributed by atoms with Crippen LogP contribution in [-0.4, -0.2) is 56.1 Å². The van der Waals surface area contributed by atoms with Gasteiger partial charge in [0.05, 0.1) is 36.7 Å². The van der Waals surface area contributed by atoms with Gasteiger partial charge in [-0.1, -0.05) is 0 Å². The van der Waals surface area contributed by atoms with Crippen molar-refractivity contribution in [2.75, 3.05) is 11.4 Å². The summed E-state index contributed by atoms with van der Waals surface area (Å²) in [6.07, 6.45) is 0.720. The number of amides is 2. The predicted octanol–water partition coefficient (Wildman–Crippen LogP) is 1.12. The van der Waals surface area contributed by atoms with Gasteiger partial charge >= 0.3 is 6.09 Å². The van der Waals surface area contributed by atoms with E-state index in [2.05, 4.69) is 5.10 Å². The standard InChI is InChI=1S/C16H24N4O4/c1-10-8-20-12(9-19(10)15(23)24-16(2,3)4)11(7-17-20)18-6-5-13(21)14(18)22/h7,10,13,21H,5-6,8-9H2,1-4H3. The van der Waals surface area contributed by atoms with Crippen LogP contribution in [0.2, 0.25) is 0 Å². The lowest BCUT2D eigenvalue weighted by molar-refractivity contribution is -0.124. The van der Waals surface area contributed by atoms with E-state index in [1.54, 1.807) is 16.0 Å². The zero-order valence-corrected chi connectivity index (χ0v) is 14.5. The fourth-order valence-corrected chi connectivity index (χ4v) is 3.08. The summed E-state index contributed by atoms with van der Waals surface area (Å²) in [6, 6.07) is -0.0556. The van der Waals surface area contributed by atoms with Crippen molar-refractivity contribution in [1.29, 1.82) is 0 Å². The third-order valence-corrected chi connectivity index (χ3v) is 4.31. The Morgan fingerprint density at radius 3 is 2.71 bits per heavy atom. The molecule has 0 aromatic carbocycles. The number of rotatable bonds is 1. The first-order valence-electron chi connectivity index (χ1n) is 8.21. The van der Waals surface area contributed by atoms with Gasteiger partial charge in [0, 0.05) is 13.0 Å². The normalized spacial score (nSPS) is 24.3. The molecule has 24 heavy (non-hydrogen) atoms. The van der Waals surface area contributed by atoms with Crippen molar-refractivity contribution in [3.8, 4) is 0 Å². The van der Waals surface area contributed by atoms with E-state index in [0.29, 0.717) is 31.7 Å². The molecule has 1 aromatic rings. The van der Waals surface area contributed by atoms with E-state index >= 15 is 0 Å². The van der Waals surface area contributed by atoms with E-state index in [-0.39, 0.29) is 18.0 Å². The van der Waals surface area contributed by atoms with Crippen LogP contribution < -0.4 is 4.90 Å². The smallest absolute Gasteiger partial charge is 0.410 e. The van der Waals surface area contributed by atoms with Crippen LogP contribution in [0.25, 0.3) is 0 Å². The molecule has 3 rings (SSSR count). The van der Waals surface area contributed by atoms with Crippen molar-refractivity contribution in [3.63, 3.8) is 0 Å². The van der Waals surface area contributed by atoms with E-state index < -0.39 is 11.7 Å². The SMILES string of the molecule is CC1Cn2ncc(N3CCC(O)C3=O)c2CN1C(=O)OC(C)(C)C. The van der Waals surface area contributed by atoms with Crippen molar-refractivity contribution >= 4 is 17.7 Å². The van der Waals surface area contributed by atoms with E-state index in [1.165, 1.54) is 0 Å². The van der Waals surface area contributed by atoms with Gasteiger partial charge in [-0.15, -0.1) is 0 Å². The number of aliphatic hydroxyl groups excluding tert-OH is 1. The van der Waals surface area contributed by atoms with Crippen molar-refractivity contribution < 1.29 is 19.4 Å². The molecule has 2 unspecified atom stereocenters. The highest BCUT2D eigenvalue weighted by atomic mass is 16.6. The van der Waals surface area contributed by atoms with Gasteiger partial charge < -0.3 is 14.7 Å². The molecule has 0 spiro atoms. The zero-order valence-electron chi connectivity index (χ0n) is 14.5. The van der Waals surface area contributed by atoms with Crippen LogP contribution in [0.3, 0.4) is 0 Å². The van der Waals surface area contributed by atoms with Crippen LogP contribution in [0.5, 0.6) is 0 Å². The average molecular weight is 336 g/mol. The third-order valence-electron chi connectivity index (χ3n) is 4.31. The maximum absolute atomic E-state index is 12.5. The van der Waals surface area contributed by atoms with Crippen molar-refractivity contribution in [2.24, 2.45) is 0 Å².